The highest BCUT2D eigenvalue weighted by molar-refractivity contribution is 5.79. The zero-order chi connectivity index (χ0) is 19.6. The van der Waals surface area contributed by atoms with E-state index in [2.05, 4.69) is 24.5 Å². The van der Waals surface area contributed by atoms with Crippen molar-refractivity contribution in [1.82, 2.24) is 15.5 Å². The van der Waals surface area contributed by atoms with E-state index in [1.165, 1.54) is 0 Å². The van der Waals surface area contributed by atoms with Crippen LogP contribution in [0.25, 0.3) is 0 Å². The summed E-state index contributed by atoms with van der Waals surface area (Å²) in [5.74, 6) is 0.385. The predicted octanol–water partition coefficient (Wildman–Crippen LogP) is 3.10. The minimum Gasteiger partial charge on any atom is -0.375 e. The zero-order valence-electron chi connectivity index (χ0n) is 16.7. The van der Waals surface area contributed by atoms with Crippen LogP contribution in [0, 0.1) is 5.92 Å². The number of ether oxygens (including phenoxy) is 1. The Morgan fingerprint density at radius 2 is 1.78 bits per heavy atom. The molecule has 1 fully saturated rings. The molecule has 1 atom stereocenters. The summed E-state index contributed by atoms with van der Waals surface area (Å²) in [6.45, 7) is 5.97. The maximum atomic E-state index is 12.4. The number of piperidine rings is 1. The van der Waals surface area contributed by atoms with Crippen LogP contribution in [-0.4, -0.2) is 49.6 Å². The Balaban J connectivity index is 1.73. The first-order chi connectivity index (χ1) is 13.1. The Kier molecular flexibility index (Phi) is 8.58. The number of amides is 3. The minimum atomic E-state index is -0.183. The number of carbonyl (C=O) groups excluding carboxylic acids is 2. The molecule has 1 heterocycles. The van der Waals surface area contributed by atoms with Crippen molar-refractivity contribution in [2.45, 2.75) is 51.7 Å². The van der Waals surface area contributed by atoms with Gasteiger partial charge in [0.1, 0.15) is 0 Å². The molecule has 6 heteroatoms. The lowest BCUT2D eigenvalue weighted by Gasteiger charge is -2.34. The quantitative estimate of drug-likeness (QED) is 0.733. The van der Waals surface area contributed by atoms with Crippen LogP contribution in [0.5, 0.6) is 0 Å². The van der Waals surface area contributed by atoms with Crippen molar-refractivity contribution < 1.29 is 14.3 Å². The van der Waals surface area contributed by atoms with E-state index in [4.69, 9.17) is 4.74 Å². The second-order valence-electron chi connectivity index (χ2n) is 7.10. The molecule has 0 unspecified atom stereocenters. The van der Waals surface area contributed by atoms with E-state index in [0.29, 0.717) is 19.6 Å². The molecule has 1 aromatic carbocycles. The van der Waals surface area contributed by atoms with Crippen LogP contribution in [0.15, 0.2) is 30.3 Å². The van der Waals surface area contributed by atoms with Gasteiger partial charge >= 0.3 is 6.03 Å². The highest BCUT2D eigenvalue weighted by atomic mass is 16.5. The molecule has 1 aromatic rings. The third-order valence-corrected chi connectivity index (χ3v) is 5.38. The lowest BCUT2D eigenvalue weighted by molar-refractivity contribution is -0.136. The number of methoxy groups -OCH3 is 1. The SMILES string of the molecule is CCC(CC)C(=O)N1CCC(NC(=O)NC[C@@H](OC)c2ccccc2)CC1. The third-order valence-electron chi connectivity index (χ3n) is 5.38. The van der Waals surface area contributed by atoms with Gasteiger partial charge in [0, 0.05) is 38.7 Å². The Hall–Kier alpha value is -2.08. The first-order valence-corrected chi connectivity index (χ1v) is 9.99. The monoisotopic (exact) mass is 375 g/mol. The average Bonchev–Trinajstić information content (AvgIpc) is 2.70. The molecular formula is C21H33N3O3. The number of urea groups is 1. The average molecular weight is 376 g/mol. The molecule has 27 heavy (non-hydrogen) atoms. The lowest BCUT2D eigenvalue weighted by atomic mass is 9.98. The summed E-state index contributed by atoms with van der Waals surface area (Å²) in [4.78, 5) is 26.6. The van der Waals surface area contributed by atoms with Gasteiger partial charge in [-0.3, -0.25) is 4.79 Å². The maximum Gasteiger partial charge on any atom is 0.315 e. The van der Waals surface area contributed by atoms with Gasteiger partial charge in [0.15, 0.2) is 0 Å². The van der Waals surface area contributed by atoms with Gasteiger partial charge in [0.25, 0.3) is 0 Å². The molecule has 0 spiro atoms. The fourth-order valence-corrected chi connectivity index (χ4v) is 3.57. The molecule has 1 saturated heterocycles. The number of likely N-dealkylation sites (tertiary alicyclic amines) is 1. The number of benzene rings is 1. The van der Waals surface area contributed by atoms with Crippen LogP contribution >= 0.6 is 0 Å². The molecule has 0 aliphatic carbocycles. The van der Waals surface area contributed by atoms with Gasteiger partial charge in [0.2, 0.25) is 5.91 Å². The van der Waals surface area contributed by atoms with E-state index in [1.54, 1.807) is 7.11 Å². The molecular weight excluding hydrogens is 342 g/mol. The zero-order valence-corrected chi connectivity index (χ0v) is 16.7. The van der Waals surface area contributed by atoms with E-state index in [1.807, 2.05) is 35.2 Å². The molecule has 1 aliphatic rings. The molecule has 0 radical (unpaired) electrons. The van der Waals surface area contributed by atoms with E-state index in [0.717, 1.165) is 31.2 Å². The second kappa shape index (κ2) is 10.9. The number of hydrogen-bond acceptors (Lipinski definition) is 3. The van der Waals surface area contributed by atoms with Gasteiger partial charge in [-0.15, -0.1) is 0 Å². The van der Waals surface area contributed by atoms with Gasteiger partial charge in [-0.25, -0.2) is 4.79 Å². The highest BCUT2D eigenvalue weighted by Gasteiger charge is 2.27. The van der Waals surface area contributed by atoms with Crippen molar-refractivity contribution >= 4 is 11.9 Å². The molecule has 0 bridgehead atoms. The molecule has 6 nitrogen and oxygen atoms in total. The molecule has 0 aromatic heterocycles. The summed E-state index contributed by atoms with van der Waals surface area (Å²) in [6, 6.07) is 9.76. The highest BCUT2D eigenvalue weighted by Crippen LogP contribution is 2.18. The molecule has 2 N–H and O–H groups in total. The van der Waals surface area contributed by atoms with E-state index in [-0.39, 0.29) is 30.0 Å². The van der Waals surface area contributed by atoms with Crippen LogP contribution in [0.2, 0.25) is 0 Å². The topological polar surface area (TPSA) is 70.7 Å². The van der Waals surface area contributed by atoms with Crippen LogP contribution in [0.4, 0.5) is 4.79 Å². The Morgan fingerprint density at radius 1 is 1.15 bits per heavy atom. The number of carbonyl (C=O) groups is 2. The van der Waals surface area contributed by atoms with Crippen molar-refractivity contribution in [2.24, 2.45) is 5.92 Å². The predicted molar refractivity (Wildman–Crippen MR) is 106 cm³/mol. The van der Waals surface area contributed by atoms with Crippen molar-refractivity contribution in [1.29, 1.82) is 0 Å². The largest absolute Gasteiger partial charge is 0.375 e. The van der Waals surface area contributed by atoms with Gasteiger partial charge in [-0.2, -0.15) is 0 Å². The van der Waals surface area contributed by atoms with Crippen LogP contribution < -0.4 is 10.6 Å². The van der Waals surface area contributed by atoms with Gasteiger partial charge < -0.3 is 20.3 Å². The smallest absolute Gasteiger partial charge is 0.315 e. The first kappa shape index (κ1) is 21.2. The summed E-state index contributed by atoms with van der Waals surface area (Å²) in [5.41, 5.74) is 1.04. The minimum absolute atomic E-state index is 0.105. The van der Waals surface area contributed by atoms with Gasteiger partial charge in [-0.05, 0) is 31.2 Å². The number of nitrogens with zero attached hydrogens (tertiary/aromatic N) is 1. The Morgan fingerprint density at radius 3 is 2.33 bits per heavy atom. The summed E-state index contributed by atoms with van der Waals surface area (Å²) in [7, 11) is 1.64. The van der Waals surface area contributed by atoms with Crippen molar-refractivity contribution in [3.63, 3.8) is 0 Å². The van der Waals surface area contributed by atoms with Crippen molar-refractivity contribution in [3.8, 4) is 0 Å². The number of hydrogen-bond donors (Lipinski definition) is 2. The summed E-state index contributed by atoms with van der Waals surface area (Å²) in [5, 5.41) is 5.92. The van der Waals surface area contributed by atoms with E-state index < -0.39 is 0 Å². The standard InChI is InChI=1S/C21H33N3O3/c1-4-16(5-2)20(25)24-13-11-18(12-14-24)23-21(26)22-15-19(27-3)17-9-7-6-8-10-17/h6-10,16,18-19H,4-5,11-15H2,1-3H3,(H2,22,23,26)/t19-/m1/s1. The third kappa shape index (κ3) is 6.24. The van der Waals surface area contributed by atoms with Gasteiger partial charge in [-0.1, -0.05) is 44.2 Å². The normalized spacial score (nSPS) is 16.2. The molecule has 1 aliphatic heterocycles. The van der Waals surface area contributed by atoms with Crippen LogP contribution in [0.1, 0.15) is 51.2 Å². The van der Waals surface area contributed by atoms with Crippen LogP contribution in [-0.2, 0) is 9.53 Å². The second-order valence-corrected chi connectivity index (χ2v) is 7.10. The fourth-order valence-electron chi connectivity index (χ4n) is 3.57. The molecule has 150 valence electrons. The molecule has 3 amide bonds. The molecule has 2 rings (SSSR count). The maximum absolute atomic E-state index is 12.4. The Labute approximate surface area is 162 Å². The van der Waals surface area contributed by atoms with Gasteiger partial charge in [0.05, 0.1) is 6.10 Å². The summed E-state index contributed by atoms with van der Waals surface area (Å²) >= 11 is 0. The lowest BCUT2D eigenvalue weighted by Crippen LogP contribution is -2.50. The molecule has 0 saturated carbocycles. The van der Waals surface area contributed by atoms with E-state index in [9.17, 15) is 9.59 Å². The summed E-state index contributed by atoms with van der Waals surface area (Å²) < 4.78 is 5.47. The van der Waals surface area contributed by atoms with Crippen LogP contribution in [0.3, 0.4) is 0 Å². The van der Waals surface area contributed by atoms with Crippen molar-refractivity contribution in [3.05, 3.63) is 35.9 Å². The van der Waals surface area contributed by atoms with Crippen molar-refractivity contribution in [2.75, 3.05) is 26.7 Å². The summed E-state index contributed by atoms with van der Waals surface area (Å²) in [6.07, 6.45) is 3.20. The first-order valence-electron chi connectivity index (χ1n) is 9.99. The fraction of sp³-hybridized carbons (Fsp3) is 0.619. The Bertz CT molecular complexity index is 582. The number of rotatable bonds is 8. The van der Waals surface area contributed by atoms with E-state index >= 15 is 0 Å². The number of nitrogens with one attached hydrogen (secondary N) is 2.